The molecule has 0 saturated heterocycles. The van der Waals surface area contributed by atoms with Gasteiger partial charge in [-0.05, 0) is 35.7 Å². The molecular formula is C12H15N. The van der Waals surface area contributed by atoms with Gasteiger partial charge in [-0.25, -0.2) is 0 Å². The maximum absolute atomic E-state index is 2.24. The van der Waals surface area contributed by atoms with Crippen molar-refractivity contribution in [3.63, 3.8) is 0 Å². The predicted molar refractivity (Wildman–Crippen MR) is 58.4 cm³/mol. The van der Waals surface area contributed by atoms with Crippen LogP contribution in [0.2, 0.25) is 0 Å². The van der Waals surface area contributed by atoms with Gasteiger partial charge in [0.25, 0.3) is 0 Å². The Morgan fingerprint density at radius 3 is 1.54 bits per heavy atom. The Kier molecular flexibility index (Phi) is 2.69. The molecule has 0 aromatic heterocycles. The van der Waals surface area contributed by atoms with Gasteiger partial charge in [0.15, 0.2) is 0 Å². The quantitative estimate of drug-likeness (QED) is 0.648. The van der Waals surface area contributed by atoms with E-state index in [-0.39, 0.29) is 6.15 Å². The van der Waals surface area contributed by atoms with Crippen LogP contribution in [0.3, 0.4) is 0 Å². The first-order valence-corrected chi connectivity index (χ1v) is 4.23. The molecule has 0 fully saturated rings. The first-order chi connectivity index (χ1) is 5.77. The van der Waals surface area contributed by atoms with E-state index in [9.17, 15) is 0 Å². The normalized spacial score (nSPS) is 9.69. The summed E-state index contributed by atoms with van der Waals surface area (Å²) in [5.41, 5.74) is 2.74. The lowest BCUT2D eigenvalue weighted by atomic mass is 10.0. The topological polar surface area (TPSA) is 35.0 Å². The van der Waals surface area contributed by atoms with Crippen molar-refractivity contribution < 1.29 is 0 Å². The Morgan fingerprint density at radius 2 is 1.15 bits per heavy atom. The summed E-state index contributed by atoms with van der Waals surface area (Å²) in [5, 5.41) is 2.67. The smallest absolute Gasteiger partial charge is 0.0181 e. The van der Waals surface area contributed by atoms with Crippen LogP contribution in [0.5, 0.6) is 0 Å². The third-order valence-corrected chi connectivity index (χ3v) is 2.36. The molecule has 0 heterocycles. The third-order valence-electron chi connectivity index (χ3n) is 2.36. The van der Waals surface area contributed by atoms with Crippen LogP contribution in [-0.2, 0) is 0 Å². The molecular weight excluding hydrogens is 158 g/mol. The monoisotopic (exact) mass is 173 g/mol. The van der Waals surface area contributed by atoms with Gasteiger partial charge in [0, 0.05) is 0 Å². The van der Waals surface area contributed by atoms with E-state index in [0.717, 1.165) is 0 Å². The summed E-state index contributed by atoms with van der Waals surface area (Å²) in [5.74, 6) is 0. The predicted octanol–water partition coefficient (Wildman–Crippen LogP) is 3.62. The number of aryl methyl sites for hydroxylation is 2. The lowest BCUT2D eigenvalue weighted by Gasteiger charge is -2.02. The number of benzene rings is 2. The number of hydrogen-bond donors (Lipinski definition) is 1. The van der Waals surface area contributed by atoms with E-state index in [1.54, 1.807) is 0 Å². The highest BCUT2D eigenvalue weighted by Gasteiger charge is 1.95. The lowest BCUT2D eigenvalue weighted by molar-refractivity contribution is 1.37. The maximum Gasteiger partial charge on any atom is -0.0181 e. The fourth-order valence-corrected chi connectivity index (χ4v) is 1.47. The van der Waals surface area contributed by atoms with Crippen LogP contribution >= 0.6 is 0 Å². The zero-order valence-electron chi connectivity index (χ0n) is 8.17. The number of hydrogen-bond acceptors (Lipinski definition) is 1. The van der Waals surface area contributed by atoms with Crippen LogP contribution in [0.4, 0.5) is 0 Å². The van der Waals surface area contributed by atoms with E-state index >= 15 is 0 Å². The van der Waals surface area contributed by atoms with Crippen molar-refractivity contribution in [2.75, 3.05) is 0 Å². The molecule has 0 atom stereocenters. The van der Waals surface area contributed by atoms with Crippen molar-refractivity contribution in [3.05, 3.63) is 47.5 Å². The molecule has 68 valence electrons. The molecule has 0 amide bonds. The molecule has 3 N–H and O–H groups in total. The van der Waals surface area contributed by atoms with Gasteiger partial charge in [-0.15, -0.1) is 0 Å². The second-order valence-electron chi connectivity index (χ2n) is 3.28. The summed E-state index contributed by atoms with van der Waals surface area (Å²) >= 11 is 0. The van der Waals surface area contributed by atoms with E-state index in [2.05, 4.69) is 50.2 Å². The van der Waals surface area contributed by atoms with E-state index in [1.165, 1.54) is 21.9 Å². The summed E-state index contributed by atoms with van der Waals surface area (Å²) < 4.78 is 0. The van der Waals surface area contributed by atoms with E-state index in [1.807, 2.05) is 0 Å². The van der Waals surface area contributed by atoms with Crippen molar-refractivity contribution >= 4 is 10.8 Å². The van der Waals surface area contributed by atoms with Gasteiger partial charge in [-0.3, -0.25) is 0 Å². The van der Waals surface area contributed by atoms with Gasteiger partial charge in [0.05, 0.1) is 0 Å². The highest BCUT2D eigenvalue weighted by molar-refractivity contribution is 5.83. The highest BCUT2D eigenvalue weighted by Crippen LogP contribution is 2.18. The van der Waals surface area contributed by atoms with E-state index < -0.39 is 0 Å². The van der Waals surface area contributed by atoms with Crippen molar-refractivity contribution in [3.8, 4) is 0 Å². The molecule has 0 aliphatic heterocycles. The maximum atomic E-state index is 2.24. The molecule has 0 aliphatic carbocycles. The fraction of sp³-hybridized carbons (Fsp3) is 0.167. The van der Waals surface area contributed by atoms with E-state index in [0.29, 0.717) is 0 Å². The van der Waals surface area contributed by atoms with Gasteiger partial charge in [-0.1, -0.05) is 36.4 Å². The number of rotatable bonds is 0. The first-order valence-electron chi connectivity index (χ1n) is 4.23. The Labute approximate surface area is 79.0 Å². The largest absolute Gasteiger partial charge is 0.344 e. The molecule has 2 rings (SSSR count). The molecule has 0 saturated carbocycles. The van der Waals surface area contributed by atoms with E-state index in [4.69, 9.17) is 0 Å². The summed E-state index contributed by atoms with van der Waals surface area (Å²) in [6.45, 7) is 4.31. The minimum atomic E-state index is 0. The molecule has 0 radical (unpaired) electrons. The van der Waals surface area contributed by atoms with Gasteiger partial charge in [0.1, 0.15) is 0 Å². The zero-order chi connectivity index (χ0) is 8.55. The Balaban J connectivity index is 0.000000845. The zero-order valence-corrected chi connectivity index (χ0v) is 8.17. The summed E-state index contributed by atoms with van der Waals surface area (Å²) in [7, 11) is 0. The van der Waals surface area contributed by atoms with Gasteiger partial charge < -0.3 is 6.15 Å². The summed E-state index contributed by atoms with van der Waals surface area (Å²) in [6.07, 6.45) is 0. The summed E-state index contributed by atoms with van der Waals surface area (Å²) in [6, 6.07) is 13.0. The minimum Gasteiger partial charge on any atom is -0.344 e. The van der Waals surface area contributed by atoms with Crippen LogP contribution in [0, 0.1) is 13.8 Å². The molecule has 13 heavy (non-hydrogen) atoms. The fourth-order valence-electron chi connectivity index (χ4n) is 1.47. The molecule has 1 nitrogen and oxygen atoms in total. The SMILES string of the molecule is Cc1cc2ccccc2cc1C.N. The molecule has 0 bridgehead atoms. The molecule has 0 aliphatic rings. The molecule has 1 heteroatoms. The average Bonchev–Trinajstić information content (AvgIpc) is 2.07. The van der Waals surface area contributed by atoms with Crippen LogP contribution in [0.1, 0.15) is 11.1 Å². The molecule has 2 aromatic rings. The second kappa shape index (κ2) is 3.58. The molecule has 0 unspecified atom stereocenters. The van der Waals surface area contributed by atoms with Crippen LogP contribution in [0.15, 0.2) is 36.4 Å². The van der Waals surface area contributed by atoms with Crippen molar-refractivity contribution in [1.29, 1.82) is 0 Å². The standard InChI is InChI=1S/C12H12.H3N/c1-9-7-11-5-3-4-6-12(11)8-10(9)2;/h3-8H,1-2H3;1H3. The third kappa shape index (κ3) is 1.70. The van der Waals surface area contributed by atoms with Gasteiger partial charge >= 0.3 is 0 Å². The second-order valence-corrected chi connectivity index (χ2v) is 3.28. The molecule has 0 spiro atoms. The van der Waals surface area contributed by atoms with Crippen LogP contribution < -0.4 is 6.15 Å². The molecule has 2 aromatic carbocycles. The van der Waals surface area contributed by atoms with Gasteiger partial charge in [0.2, 0.25) is 0 Å². The van der Waals surface area contributed by atoms with Crippen molar-refractivity contribution in [2.45, 2.75) is 13.8 Å². The van der Waals surface area contributed by atoms with Crippen LogP contribution in [-0.4, -0.2) is 0 Å². The first kappa shape index (κ1) is 9.75. The van der Waals surface area contributed by atoms with Gasteiger partial charge in [-0.2, -0.15) is 0 Å². The van der Waals surface area contributed by atoms with Crippen molar-refractivity contribution in [2.24, 2.45) is 0 Å². The van der Waals surface area contributed by atoms with Crippen LogP contribution in [0.25, 0.3) is 10.8 Å². The summed E-state index contributed by atoms with van der Waals surface area (Å²) in [4.78, 5) is 0. The average molecular weight is 173 g/mol. The number of fused-ring (bicyclic) bond motifs is 1. The van der Waals surface area contributed by atoms with Crippen molar-refractivity contribution in [1.82, 2.24) is 6.15 Å². The minimum absolute atomic E-state index is 0. The Morgan fingerprint density at radius 1 is 0.769 bits per heavy atom. The Hall–Kier alpha value is -1.34. The highest BCUT2D eigenvalue weighted by atomic mass is 14.0. The Bertz CT molecular complexity index is 378. The lowest BCUT2D eigenvalue weighted by Crippen LogP contribution is -1.80.